The van der Waals surface area contributed by atoms with E-state index in [1.54, 1.807) is 0 Å². The van der Waals surface area contributed by atoms with Crippen molar-refractivity contribution in [1.29, 1.82) is 0 Å². The van der Waals surface area contributed by atoms with Crippen molar-refractivity contribution in [3.63, 3.8) is 0 Å². The molecule has 1 N–H and O–H groups in total. The smallest absolute Gasteiger partial charge is 0.0746 e. The molecule has 0 aromatic heterocycles. The summed E-state index contributed by atoms with van der Waals surface area (Å²) in [4.78, 5) is 2.46. The molecule has 0 aromatic carbocycles. The normalized spacial score (nSPS) is 38.5. The summed E-state index contributed by atoms with van der Waals surface area (Å²) in [6, 6.07) is 0.355. The molecule has 3 heteroatoms. The molecule has 1 aliphatic carbocycles. The van der Waals surface area contributed by atoms with Crippen molar-refractivity contribution < 1.29 is 9.84 Å². The maximum Gasteiger partial charge on any atom is 0.0746 e. The minimum atomic E-state index is -0.178. The average molecular weight is 241 g/mol. The summed E-state index contributed by atoms with van der Waals surface area (Å²) in [5.41, 5.74) is 0.0865. The lowest BCUT2D eigenvalue weighted by molar-refractivity contribution is -0.0395. The van der Waals surface area contributed by atoms with Crippen LogP contribution in [0.2, 0.25) is 0 Å². The molecule has 2 fully saturated rings. The minimum Gasteiger partial charge on any atom is -0.391 e. The number of rotatable bonds is 3. The Bertz CT molecular complexity index is 253. The lowest BCUT2D eigenvalue weighted by Gasteiger charge is -2.39. The molecule has 2 rings (SSSR count). The first-order valence-electron chi connectivity index (χ1n) is 7.08. The Balaban J connectivity index is 1.94. The van der Waals surface area contributed by atoms with Gasteiger partial charge in [0.25, 0.3) is 0 Å². The molecule has 2 aliphatic rings. The van der Waals surface area contributed by atoms with Crippen LogP contribution >= 0.6 is 0 Å². The summed E-state index contributed by atoms with van der Waals surface area (Å²) in [7, 11) is 0. The summed E-state index contributed by atoms with van der Waals surface area (Å²) in [5, 5.41) is 10.4. The van der Waals surface area contributed by atoms with Crippen LogP contribution in [0.4, 0.5) is 0 Å². The van der Waals surface area contributed by atoms with Crippen LogP contribution in [0.15, 0.2) is 0 Å². The molecule has 17 heavy (non-hydrogen) atoms. The van der Waals surface area contributed by atoms with E-state index in [0.717, 1.165) is 32.5 Å². The van der Waals surface area contributed by atoms with Crippen LogP contribution < -0.4 is 0 Å². The molecule has 0 radical (unpaired) electrons. The van der Waals surface area contributed by atoms with E-state index in [0.29, 0.717) is 12.1 Å². The van der Waals surface area contributed by atoms with E-state index in [9.17, 15) is 5.11 Å². The van der Waals surface area contributed by atoms with Gasteiger partial charge in [0.1, 0.15) is 0 Å². The maximum atomic E-state index is 10.4. The number of aliphatic hydroxyl groups excluding tert-OH is 1. The predicted molar refractivity (Wildman–Crippen MR) is 69.0 cm³/mol. The summed E-state index contributed by atoms with van der Waals surface area (Å²) in [6.45, 7) is 9.36. The van der Waals surface area contributed by atoms with E-state index < -0.39 is 0 Å². The topological polar surface area (TPSA) is 32.7 Å². The summed E-state index contributed by atoms with van der Waals surface area (Å²) in [5.74, 6) is 0. The van der Waals surface area contributed by atoms with Gasteiger partial charge in [-0.2, -0.15) is 0 Å². The van der Waals surface area contributed by atoms with Crippen LogP contribution in [0.3, 0.4) is 0 Å². The number of piperidine rings is 1. The third kappa shape index (κ3) is 2.83. The van der Waals surface area contributed by atoms with Gasteiger partial charge in [0, 0.05) is 19.2 Å². The van der Waals surface area contributed by atoms with Gasteiger partial charge in [0.15, 0.2) is 0 Å². The summed E-state index contributed by atoms with van der Waals surface area (Å²) >= 11 is 0. The van der Waals surface area contributed by atoms with Gasteiger partial charge in [-0.3, -0.25) is 4.90 Å². The monoisotopic (exact) mass is 241 g/mol. The van der Waals surface area contributed by atoms with Gasteiger partial charge >= 0.3 is 0 Å². The second-order valence-corrected chi connectivity index (χ2v) is 6.25. The number of aliphatic hydroxyl groups is 1. The molecule has 0 amide bonds. The highest BCUT2D eigenvalue weighted by molar-refractivity contribution is 4.97. The maximum absolute atomic E-state index is 10.4. The third-order valence-corrected chi connectivity index (χ3v) is 4.53. The van der Waals surface area contributed by atoms with Gasteiger partial charge in [0.05, 0.1) is 12.2 Å². The molecule has 0 aromatic rings. The molecule has 3 nitrogen and oxygen atoms in total. The van der Waals surface area contributed by atoms with Gasteiger partial charge in [0.2, 0.25) is 0 Å². The van der Waals surface area contributed by atoms with Gasteiger partial charge in [-0.15, -0.1) is 0 Å². The van der Waals surface area contributed by atoms with Crippen LogP contribution in [0.25, 0.3) is 0 Å². The fraction of sp³-hybridized carbons (Fsp3) is 1.00. The second kappa shape index (κ2) is 5.25. The Kier molecular flexibility index (Phi) is 4.11. The SMILES string of the molecule is CCOC1CCCN(C2CCC(C)(C)C2O)C1. The number of ether oxygens (including phenoxy) is 1. The second-order valence-electron chi connectivity index (χ2n) is 6.25. The predicted octanol–water partition coefficient (Wildman–Crippen LogP) is 2.04. The lowest BCUT2D eigenvalue weighted by Crippen LogP contribution is -2.50. The molecular formula is C14H27NO2. The van der Waals surface area contributed by atoms with Crippen molar-refractivity contribution in [1.82, 2.24) is 4.90 Å². The fourth-order valence-electron chi connectivity index (χ4n) is 3.37. The van der Waals surface area contributed by atoms with Crippen LogP contribution in [0.5, 0.6) is 0 Å². The van der Waals surface area contributed by atoms with Crippen molar-refractivity contribution in [2.24, 2.45) is 5.41 Å². The Hall–Kier alpha value is -0.120. The van der Waals surface area contributed by atoms with Crippen LogP contribution in [0, 0.1) is 5.41 Å². The number of nitrogens with zero attached hydrogens (tertiary/aromatic N) is 1. The van der Waals surface area contributed by atoms with E-state index in [2.05, 4.69) is 25.7 Å². The van der Waals surface area contributed by atoms with Gasteiger partial charge in [-0.25, -0.2) is 0 Å². The zero-order valence-electron chi connectivity index (χ0n) is 11.5. The van der Waals surface area contributed by atoms with Crippen molar-refractivity contribution in [3.8, 4) is 0 Å². The Morgan fingerprint density at radius 1 is 1.35 bits per heavy atom. The average Bonchev–Trinajstić information content (AvgIpc) is 2.55. The summed E-state index contributed by atoms with van der Waals surface area (Å²) < 4.78 is 5.74. The number of hydrogen-bond acceptors (Lipinski definition) is 3. The molecular weight excluding hydrogens is 214 g/mol. The zero-order valence-corrected chi connectivity index (χ0v) is 11.5. The highest BCUT2D eigenvalue weighted by Gasteiger charge is 2.44. The highest BCUT2D eigenvalue weighted by Crippen LogP contribution is 2.40. The molecule has 100 valence electrons. The van der Waals surface area contributed by atoms with Gasteiger partial charge in [-0.05, 0) is 44.6 Å². The molecule has 0 spiro atoms. The fourth-order valence-corrected chi connectivity index (χ4v) is 3.37. The molecule has 3 atom stereocenters. The largest absolute Gasteiger partial charge is 0.391 e. The third-order valence-electron chi connectivity index (χ3n) is 4.53. The minimum absolute atomic E-state index is 0.0865. The molecule has 1 saturated heterocycles. The van der Waals surface area contributed by atoms with Crippen molar-refractivity contribution in [2.45, 2.75) is 64.7 Å². The van der Waals surface area contributed by atoms with Gasteiger partial charge in [-0.1, -0.05) is 13.8 Å². The first kappa shape index (κ1) is 13.3. The first-order chi connectivity index (χ1) is 8.04. The van der Waals surface area contributed by atoms with Gasteiger partial charge < -0.3 is 9.84 Å². The number of likely N-dealkylation sites (tertiary alicyclic amines) is 1. The number of hydrogen-bond donors (Lipinski definition) is 1. The lowest BCUT2D eigenvalue weighted by atomic mass is 9.88. The quantitative estimate of drug-likeness (QED) is 0.820. The molecule has 3 unspecified atom stereocenters. The molecule has 0 bridgehead atoms. The van der Waals surface area contributed by atoms with E-state index in [4.69, 9.17) is 4.74 Å². The Morgan fingerprint density at radius 3 is 2.71 bits per heavy atom. The van der Waals surface area contributed by atoms with Crippen molar-refractivity contribution in [3.05, 3.63) is 0 Å². The highest BCUT2D eigenvalue weighted by atomic mass is 16.5. The van der Waals surface area contributed by atoms with E-state index in [1.165, 1.54) is 12.8 Å². The van der Waals surface area contributed by atoms with E-state index in [-0.39, 0.29) is 11.5 Å². The zero-order chi connectivity index (χ0) is 12.5. The molecule has 1 saturated carbocycles. The van der Waals surface area contributed by atoms with E-state index >= 15 is 0 Å². The van der Waals surface area contributed by atoms with Crippen molar-refractivity contribution >= 4 is 0 Å². The molecule has 1 heterocycles. The standard InChI is InChI=1S/C14H27NO2/c1-4-17-11-6-5-9-15(10-11)12-7-8-14(2,3)13(12)16/h11-13,16H,4-10H2,1-3H3. The van der Waals surface area contributed by atoms with Crippen LogP contribution in [-0.2, 0) is 4.74 Å². The Labute approximate surface area is 105 Å². The van der Waals surface area contributed by atoms with Crippen LogP contribution in [0.1, 0.15) is 46.5 Å². The molecule has 1 aliphatic heterocycles. The van der Waals surface area contributed by atoms with E-state index in [1.807, 2.05) is 0 Å². The first-order valence-corrected chi connectivity index (χ1v) is 7.08. The van der Waals surface area contributed by atoms with Crippen molar-refractivity contribution in [2.75, 3.05) is 19.7 Å². The van der Waals surface area contributed by atoms with Crippen LogP contribution in [-0.4, -0.2) is 48.0 Å². The Morgan fingerprint density at radius 2 is 2.12 bits per heavy atom. The summed E-state index contributed by atoms with van der Waals surface area (Å²) in [6.07, 6.45) is 4.85.